The molecule has 4 heteroatoms. The zero-order valence-corrected chi connectivity index (χ0v) is 6.16. The first-order chi connectivity index (χ1) is 4.24. The number of hydrogen-bond donors (Lipinski definition) is 1. The molecule has 0 radical (unpaired) electrons. The van der Waals surface area contributed by atoms with Gasteiger partial charge in [-0.15, -0.1) is 0 Å². The van der Waals surface area contributed by atoms with Crippen molar-refractivity contribution in [3.05, 3.63) is 4.88 Å². The van der Waals surface area contributed by atoms with Gasteiger partial charge >= 0.3 is 0 Å². The summed E-state index contributed by atoms with van der Waals surface area (Å²) >= 11 is 1.44. The highest BCUT2D eigenvalue weighted by Gasteiger charge is 2.02. The van der Waals surface area contributed by atoms with E-state index in [1.165, 1.54) is 11.3 Å². The molecule has 0 saturated carbocycles. The van der Waals surface area contributed by atoms with Crippen LogP contribution in [0.25, 0.3) is 0 Å². The number of nitrogen functional groups attached to an aromatic ring is 1. The summed E-state index contributed by atoms with van der Waals surface area (Å²) < 4.78 is 4.89. The van der Waals surface area contributed by atoms with Crippen LogP contribution in [0.1, 0.15) is 4.88 Å². The van der Waals surface area contributed by atoms with Gasteiger partial charge in [-0.1, -0.05) is 11.3 Å². The zero-order chi connectivity index (χ0) is 6.85. The molecule has 0 spiro atoms. The molecular formula is C5H8N2OS. The van der Waals surface area contributed by atoms with Gasteiger partial charge in [0.2, 0.25) is 5.88 Å². The second-order valence-electron chi connectivity index (χ2n) is 1.62. The van der Waals surface area contributed by atoms with Crippen molar-refractivity contribution >= 4 is 16.5 Å². The highest BCUT2D eigenvalue weighted by Crippen LogP contribution is 2.24. The van der Waals surface area contributed by atoms with Crippen molar-refractivity contribution < 1.29 is 4.74 Å². The van der Waals surface area contributed by atoms with Crippen LogP contribution in [-0.4, -0.2) is 12.1 Å². The molecule has 0 fully saturated rings. The van der Waals surface area contributed by atoms with Crippen LogP contribution in [0.5, 0.6) is 5.88 Å². The Morgan fingerprint density at radius 1 is 1.67 bits per heavy atom. The molecule has 0 aromatic carbocycles. The lowest BCUT2D eigenvalue weighted by Gasteiger charge is -1.90. The maximum absolute atomic E-state index is 5.38. The molecular weight excluding hydrogens is 136 g/mol. The molecule has 9 heavy (non-hydrogen) atoms. The van der Waals surface area contributed by atoms with Gasteiger partial charge in [0.15, 0.2) is 5.13 Å². The summed E-state index contributed by atoms with van der Waals surface area (Å²) in [6.07, 6.45) is 0. The average Bonchev–Trinajstić information content (AvgIpc) is 2.10. The Kier molecular flexibility index (Phi) is 1.57. The van der Waals surface area contributed by atoms with Crippen molar-refractivity contribution in [2.24, 2.45) is 0 Å². The summed E-state index contributed by atoms with van der Waals surface area (Å²) in [6.45, 7) is 1.92. The van der Waals surface area contributed by atoms with E-state index in [0.29, 0.717) is 11.0 Å². The van der Waals surface area contributed by atoms with E-state index in [2.05, 4.69) is 4.98 Å². The molecule has 1 heterocycles. The monoisotopic (exact) mass is 144 g/mol. The Hall–Kier alpha value is -0.770. The molecule has 1 rings (SSSR count). The van der Waals surface area contributed by atoms with Gasteiger partial charge in [0.1, 0.15) is 0 Å². The summed E-state index contributed by atoms with van der Waals surface area (Å²) in [6, 6.07) is 0. The molecule has 0 bridgehead atoms. The van der Waals surface area contributed by atoms with E-state index in [-0.39, 0.29) is 0 Å². The van der Waals surface area contributed by atoms with Crippen LogP contribution in [0.15, 0.2) is 0 Å². The first-order valence-electron chi connectivity index (χ1n) is 2.51. The number of hydrogen-bond acceptors (Lipinski definition) is 4. The number of thiazole rings is 1. The molecule has 0 saturated heterocycles. The van der Waals surface area contributed by atoms with Crippen molar-refractivity contribution in [1.82, 2.24) is 4.98 Å². The number of ether oxygens (including phenoxy) is 1. The number of rotatable bonds is 1. The normalized spacial score (nSPS) is 9.56. The summed E-state index contributed by atoms with van der Waals surface area (Å²) in [5, 5.41) is 0.560. The van der Waals surface area contributed by atoms with Crippen molar-refractivity contribution in [2.45, 2.75) is 6.92 Å². The van der Waals surface area contributed by atoms with Gasteiger partial charge in [-0.05, 0) is 6.92 Å². The molecule has 0 atom stereocenters. The lowest BCUT2D eigenvalue weighted by Crippen LogP contribution is -1.85. The second-order valence-corrected chi connectivity index (χ2v) is 2.85. The van der Waals surface area contributed by atoms with E-state index >= 15 is 0 Å². The summed E-state index contributed by atoms with van der Waals surface area (Å²) in [5.41, 5.74) is 5.38. The standard InChI is InChI=1S/C5H8N2OS/c1-3-4(8-2)7-5(6)9-3/h1-2H3,(H2,6,7). The highest BCUT2D eigenvalue weighted by atomic mass is 32.1. The quantitative estimate of drug-likeness (QED) is 0.640. The number of methoxy groups -OCH3 is 1. The maximum atomic E-state index is 5.38. The maximum Gasteiger partial charge on any atom is 0.229 e. The first-order valence-corrected chi connectivity index (χ1v) is 3.32. The molecule has 0 amide bonds. The molecule has 0 aliphatic heterocycles. The molecule has 0 aliphatic rings. The van der Waals surface area contributed by atoms with Gasteiger partial charge in [0.25, 0.3) is 0 Å². The number of aryl methyl sites for hydroxylation is 1. The minimum Gasteiger partial charge on any atom is -0.480 e. The van der Waals surface area contributed by atoms with Crippen molar-refractivity contribution in [1.29, 1.82) is 0 Å². The fourth-order valence-corrected chi connectivity index (χ4v) is 1.25. The smallest absolute Gasteiger partial charge is 0.229 e. The zero-order valence-electron chi connectivity index (χ0n) is 5.34. The average molecular weight is 144 g/mol. The Morgan fingerprint density at radius 3 is 2.56 bits per heavy atom. The van der Waals surface area contributed by atoms with Crippen LogP contribution in [0, 0.1) is 6.92 Å². The molecule has 2 N–H and O–H groups in total. The summed E-state index contributed by atoms with van der Waals surface area (Å²) in [4.78, 5) is 4.93. The van der Waals surface area contributed by atoms with E-state index in [4.69, 9.17) is 10.5 Å². The van der Waals surface area contributed by atoms with Crippen LogP contribution in [-0.2, 0) is 0 Å². The van der Waals surface area contributed by atoms with Gasteiger partial charge in [0.05, 0.1) is 12.0 Å². The first kappa shape index (κ1) is 6.35. The Labute approximate surface area is 57.5 Å². The summed E-state index contributed by atoms with van der Waals surface area (Å²) in [5.74, 6) is 0.637. The van der Waals surface area contributed by atoms with Crippen LogP contribution >= 0.6 is 11.3 Å². The topological polar surface area (TPSA) is 48.1 Å². The second kappa shape index (κ2) is 2.23. The SMILES string of the molecule is COc1nc(N)sc1C. The Balaban J connectivity index is 3.01. The van der Waals surface area contributed by atoms with Crippen LogP contribution in [0.4, 0.5) is 5.13 Å². The summed E-state index contributed by atoms with van der Waals surface area (Å²) in [7, 11) is 1.58. The minimum atomic E-state index is 0.560. The fourth-order valence-electron chi connectivity index (χ4n) is 0.592. The third-order valence-electron chi connectivity index (χ3n) is 0.964. The fraction of sp³-hybridized carbons (Fsp3) is 0.400. The van der Waals surface area contributed by atoms with Crippen LogP contribution < -0.4 is 10.5 Å². The van der Waals surface area contributed by atoms with E-state index < -0.39 is 0 Å². The van der Waals surface area contributed by atoms with Gasteiger partial charge < -0.3 is 10.5 Å². The molecule has 50 valence electrons. The van der Waals surface area contributed by atoms with E-state index in [1.54, 1.807) is 7.11 Å². The van der Waals surface area contributed by atoms with Crippen molar-refractivity contribution in [3.63, 3.8) is 0 Å². The Morgan fingerprint density at radius 2 is 2.33 bits per heavy atom. The third kappa shape index (κ3) is 1.13. The molecule has 0 unspecified atom stereocenters. The van der Waals surface area contributed by atoms with Gasteiger partial charge in [0, 0.05) is 0 Å². The molecule has 0 aliphatic carbocycles. The number of nitrogens with zero attached hydrogens (tertiary/aromatic N) is 1. The van der Waals surface area contributed by atoms with Crippen molar-refractivity contribution in [2.75, 3.05) is 12.8 Å². The van der Waals surface area contributed by atoms with E-state index in [9.17, 15) is 0 Å². The molecule has 1 aromatic heterocycles. The largest absolute Gasteiger partial charge is 0.480 e. The lowest BCUT2D eigenvalue weighted by molar-refractivity contribution is 0.398. The van der Waals surface area contributed by atoms with Gasteiger partial charge in [-0.25, -0.2) is 0 Å². The Bertz CT molecular complexity index is 209. The van der Waals surface area contributed by atoms with E-state index in [1.807, 2.05) is 6.92 Å². The van der Waals surface area contributed by atoms with Gasteiger partial charge in [-0.3, -0.25) is 0 Å². The predicted octanol–water partition coefficient (Wildman–Crippen LogP) is 1.04. The van der Waals surface area contributed by atoms with Crippen LogP contribution in [0.3, 0.4) is 0 Å². The minimum absolute atomic E-state index is 0.560. The number of anilines is 1. The number of aromatic nitrogens is 1. The predicted molar refractivity (Wildman–Crippen MR) is 37.8 cm³/mol. The van der Waals surface area contributed by atoms with Crippen molar-refractivity contribution in [3.8, 4) is 5.88 Å². The third-order valence-corrected chi connectivity index (χ3v) is 1.75. The highest BCUT2D eigenvalue weighted by molar-refractivity contribution is 7.15. The lowest BCUT2D eigenvalue weighted by atomic mass is 10.6. The van der Waals surface area contributed by atoms with E-state index in [0.717, 1.165) is 4.88 Å². The number of nitrogens with two attached hydrogens (primary N) is 1. The van der Waals surface area contributed by atoms with Crippen LogP contribution in [0.2, 0.25) is 0 Å². The molecule has 3 nitrogen and oxygen atoms in total. The van der Waals surface area contributed by atoms with Gasteiger partial charge in [-0.2, -0.15) is 4.98 Å². The molecule has 1 aromatic rings.